The number of halogens is 1. The van der Waals surface area contributed by atoms with Crippen molar-refractivity contribution in [2.45, 2.75) is 20.1 Å². The van der Waals surface area contributed by atoms with Crippen molar-refractivity contribution >= 4 is 22.6 Å². The summed E-state index contributed by atoms with van der Waals surface area (Å²) < 4.78 is 12.8. The second-order valence-electron chi connectivity index (χ2n) is 6.23. The molecule has 27 heavy (non-hydrogen) atoms. The Morgan fingerprint density at radius 3 is 2.78 bits per heavy atom. The van der Waals surface area contributed by atoms with Gasteiger partial charge in [0.2, 0.25) is 0 Å². The third-order valence-corrected chi connectivity index (χ3v) is 4.40. The van der Waals surface area contributed by atoms with E-state index in [4.69, 9.17) is 20.8 Å². The Morgan fingerprint density at radius 2 is 1.96 bits per heavy atom. The summed E-state index contributed by atoms with van der Waals surface area (Å²) in [6, 6.07) is 14.4. The predicted octanol–water partition coefficient (Wildman–Crippen LogP) is 3.97. The van der Waals surface area contributed by atoms with Gasteiger partial charge in [0.25, 0.3) is 0 Å². The largest absolute Gasteiger partial charge is 0.487 e. The highest BCUT2D eigenvalue weighted by Crippen LogP contribution is 2.24. The molecule has 0 N–H and O–H groups in total. The zero-order chi connectivity index (χ0) is 18.8. The number of hydrogen-bond donors (Lipinski definition) is 0. The summed E-state index contributed by atoms with van der Waals surface area (Å²) in [4.78, 5) is 11.4. The molecule has 0 aliphatic carbocycles. The minimum atomic E-state index is -0.385. The molecule has 2 aromatic carbocycles. The highest BCUT2D eigenvalue weighted by molar-refractivity contribution is 6.30. The summed E-state index contributed by atoms with van der Waals surface area (Å²) in [6.07, 6.45) is 1.84. The molecule has 7 heteroatoms. The van der Waals surface area contributed by atoms with Crippen molar-refractivity contribution in [3.63, 3.8) is 0 Å². The third-order valence-electron chi connectivity index (χ3n) is 4.15. The molecule has 0 unspecified atom stereocenters. The first-order valence-corrected chi connectivity index (χ1v) is 8.75. The molecule has 0 atom stereocenters. The van der Waals surface area contributed by atoms with E-state index in [9.17, 15) is 4.79 Å². The van der Waals surface area contributed by atoms with Gasteiger partial charge in [-0.15, -0.1) is 5.10 Å². The maximum absolute atomic E-state index is 11.4. The Kier molecular flexibility index (Phi) is 4.64. The van der Waals surface area contributed by atoms with Gasteiger partial charge in [0.1, 0.15) is 23.6 Å². The van der Waals surface area contributed by atoms with E-state index in [0.29, 0.717) is 28.6 Å². The van der Waals surface area contributed by atoms with E-state index in [-0.39, 0.29) is 12.2 Å². The van der Waals surface area contributed by atoms with Gasteiger partial charge in [0.05, 0.1) is 12.7 Å². The highest BCUT2D eigenvalue weighted by atomic mass is 35.5. The van der Waals surface area contributed by atoms with Crippen molar-refractivity contribution in [1.82, 2.24) is 15.0 Å². The number of nitrogens with zero attached hydrogens (tertiary/aromatic N) is 3. The van der Waals surface area contributed by atoms with Crippen LogP contribution in [-0.2, 0) is 13.2 Å². The summed E-state index contributed by atoms with van der Waals surface area (Å²) in [5.74, 6) is 0.613. The lowest BCUT2D eigenvalue weighted by Crippen LogP contribution is -2.00. The molecule has 4 aromatic rings. The molecule has 0 aliphatic rings. The number of aromatic nitrogens is 3. The maximum Gasteiger partial charge on any atom is 0.336 e. The third kappa shape index (κ3) is 4.01. The summed E-state index contributed by atoms with van der Waals surface area (Å²) in [7, 11) is 0. The van der Waals surface area contributed by atoms with Crippen LogP contribution in [0, 0.1) is 6.92 Å². The first-order chi connectivity index (χ1) is 13.1. The lowest BCUT2D eigenvalue weighted by atomic mass is 10.1. The minimum absolute atomic E-state index is 0.266. The molecule has 0 aliphatic heterocycles. The second kappa shape index (κ2) is 7.25. The Labute approximate surface area is 160 Å². The van der Waals surface area contributed by atoms with Crippen LogP contribution in [0.3, 0.4) is 0 Å². The van der Waals surface area contributed by atoms with Crippen LogP contribution in [0.25, 0.3) is 11.0 Å². The van der Waals surface area contributed by atoms with E-state index < -0.39 is 0 Å². The van der Waals surface area contributed by atoms with Crippen molar-refractivity contribution in [3.8, 4) is 5.75 Å². The van der Waals surface area contributed by atoms with Crippen molar-refractivity contribution in [3.05, 3.63) is 87.0 Å². The van der Waals surface area contributed by atoms with Crippen LogP contribution >= 0.6 is 11.6 Å². The molecule has 0 amide bonds. The van der Waals surface area contributed by atoms with Gasteiger partial charge in [-0.1, -0.05) is 28.9 Å². The summed E-state index contributed by atoms with van der Waals surface area (Å²) >= 11 is 5.90. The molecule has 0 saturated carbocycles. The molecule has 0 spiro atoms. The number of benzene rings is 2. The topological polar surface area (TPSA) is 70.2 Å². The Bertz CT molecular complexity index is 1150. The van der Waals surface area contributed by atoms with E-state index in [0.717, 1.165) is 16.5 Å². The van der Waals surface area contributed by atoms with Gasteiger partial charge in [0.15, 0.2) is 0 Å². The van der Waals surface area contributed by atoms with Crippen molar-refractivity contribution in [2.24, 2.45) is 0 Å². The van der Waals surface area contributed by atoms with Crippen molar-refractivity contribution in [2.75, 3.05) is 0 Å². The van der Waals surface area contributed by atoms with Crippen LogP contribution < -0.4 is 10.4 Å². The molecule has 0 bridgehead atoms. The zero-order valence-electron chi connectivity index (χ0n) is 14.6. The zero-order valence-corrected chi connectivity index (χ0v) is 15.3. The van der Waals surface area contributed by atoms with Gasteiger partial charge < -0.3 is 9.15 Å². The fraction of sp³-hybridized carbons (Fsp3) is 0.150. The fourth-order valence-corrected chi connectivity index (χ4v) is 2.95. The average Bonchev–Trinajstić information content (AvgIpc) is 3.09. The van der Waals surface area contributed by atoms with Crippen LogP contribution in [0.4, 0.5) is 0 Å². The molecule has 6 nitrogen and oxygen atoms in total. The highest BCUT2D eigenvalue weighted by Gasteiger charge is 2.07. The number of rotatable bonds is 5. The average molecular weight is 382 g/mol. The molecule has 2 heterocycles. The number of fused-ring (bicyclic) bond motifs is 1. The Balaban J connectivity index is 1.46. The standard InChI is InChI=1S/C20H16ClN3O3/c1-13-8-17(9-19-18(13)6-7-20(25)27-19)26-12-16-11-24(23-22-16)10-14-2-4-15(21)5-3-14/h2-9,11H,10,12H2,1H3. The van der Waals surface area contributed by atoms with Crippen LogP contribution in [0.15, 0.2) is 63.9 Å². The van der Waals surface area contributed by atoms with Crippen LogP contribution in [0.5, 0.6) is 5.75 Å². The van der Waals surface area contributed by atoms with Crippen molar-refractivity contribution < 1.29 is 9.15 Å². The lowest BCUT2D eigenvalue weighted by molar-refractivity contribution is 0.301. The molecular weight excluding hydrogens is 366 g/mol. The Hall–Kier alpha value is -3.12. The lowest BCUT2D eigenvalue weighted by Gasteiger charge is -2.07. The van der Waals surface area contributed by atoms with Gasteiger partial charge in [-0.3, -0.25) is 0 Å². The van der Waals surface area contributed by atoms with Gasteiger partial charge in [0, 0.05) is 22.5 Å². The van der Waals surface area contributed by atoms with E-state index in [1.807, 2.05) is 43.5 Å². The molecule has 4 rings (SSSR count). The van der Waals surface area contributed by atoms with E-state index >= 15 is 0 Å². The SMILES string of the molecule is Cc1cc(OCc2cn(Cc3ccc(Cl)cc3)nn2)cc2oc(=O)ccc12. The molecule has 0 radical (unpaired) electrons. The quantitative estimate of drug-likeness (QED) is 0.489. The number of ether oxygens (including phenoxy) is 1. The van der Waals surface area contributed by atoms with Crippen LogP contribution in [-0.4, -0.2) is 15.0 Å². The summed E-state index contributed by atoms with van der Waals surface area (Å²) in [6.45, 7) is 2.81. The number of aryl methyl sites for hydroxylation is 1. The van der Waals surface area contributed by atoms with Gasteiger partial charge in [-0.05, 0) is 42.3 Å². The predicted molar refractivity (Wildman–Crippen MR) is 102 cm³/mol. The molecule has 136 valence electrons. The molecule has 2 aromatic heterocycles. The molecule has 0 fully saturated rings. The van der Waals surface area contributed by atoms with Gasteiger partial charge in [-0.25, -0.2) is 9.48 Å². The monoisotopic (exact) mass is 381 g/mol. The summed E-state index contributed by atoms with van der Waals surface area (Å²) in [5, 5.41) is 9.84. The molecular formula is C20H16ClN3O3. The first kappa shape index (κ1) is 17.3. The molecule has 0 saturated heterocycles. The normalized spacial score (nSPS) is 11.0. The fourth-order valence-electron chi connectivity index (χ4n) is 2.83. The minimum Gasteiger partial charge on any atom is -0.487 e. The smallest absolute Gasteiger partial charge is 0.336 e. The maximum atomic E-state index is 11.4. The van der Waals surface area contributed by atoms with Gasteiger partial charge in [-0.2, -0.15) is 0 Å². The second-order valence-corrected chi connectivity index (χ2v) is 6.67. The van der Waals surface area contributed by atoms with Crippen molar-refractivity contribution in [1.29, 1.82) is 0 Å². The summed E-state index contributed by atoms with van der Waals surface area (Å²) in [5.41, 5.74) is 2.87. The number of hydrogen-bond acceptors (Lipinski definition) is 5. The van der Waals surface area contributed by atoms with E-state index in [1.54, 1.807) is 16.8 Å². The van der Waals surface area contributed by atoms with Gasteiger partial charge >= 0.3 is 5.63 Å². The van der Waals surface area contributed by atoms with Crippen LogP contribution in [0.2, 0.25) is 5.02 Å². The first-order valence-electron chi connectivity index (χ1n) is 8.37. The van der Waals surface area contributed by atoms with Crippen LogP contribution in [0.1, 0.15) is 16.8 Å². The Morgan fingerprint density at radius 1 is 1.15 bits per heavy atom. The van der Waals surface area contributed by atoms with E-state index in [1.165, 1.54) is 6.07 Å². The van der Waals surface area contributed by atoms with E-state index in [2.05, 4.69) is 10.3 Å².